The molecule has 2 aliphatic heterocycles. The van der Waals surface area contributed by atoms with Gasteiger partial charge in [0.25, 0.3) is 0 Å². The van der Waals surface area contributed by atoms with Crippen molar-refractivity contribution in [2.24, 2.45) is 5.11 Å². The maximum Gasteiger partial charge on any atom is 0.309 e. The van der Waals surface area contributed by atoms with Gasteiger partial charge in [-0.15, -0.1) is 0 Å². The Hall–Kier alpha value is -3.16. The molecule has 1 saturated heterocycles. The van der Waals surface area contributed by atoms with Crippen LogP contribution in [0.25, 0.3) is 10.4 Å². The average molecular weight is 383 g/mol. The molecule has 0 bridgehead atoms. The first kappa shape index (κ1) is 18.2. The molecule has 0 saturated carbocycles. The molecule has 1 aromatic carbocycles. The van der Waals surface area contributed by atoms with Crippen LogP contribution in [-0.4, -0.2) is 49.5 Å². The van der Waals surface area contributed by atoms with Gasteiger partial charge in [-0.25, -0.2) is 0 Å². The Morgan fingerprint density at radius 3 is 2.82 bits per heavy atom. The van der Waals surface area contributed by atoms with Crippen LogP contribution in [0.1, 0.15) is 40.0 Å². The number of ether oxygens (including phenoxy) is 3. The second-order valence-electron chi connectivity index (χ2n) is 6.74. The summed E-state index contributed by atoms with van der Waals surface area (Å²) in [6.45, 7) is 0.241. The van der Waals surface area contributed by atoms with Gasteiger partial charge in [0.2, 0.25) is 0 Å². The fourth-order valence-electron chi connectivity index (χ4n) is 4.04. The van der Waals surface area contributed by atoms with Crippen LogP contribution < -0.4 is 4.74 Å². The Balaban J connectivity index is 1.80. The molecule has 0 amide bonds. The molecule has 0 aromatic heterocycles. The van der Waals surface area contributed by atoms with Crippen molar-refractivity contribution in [3.8, 4) is 5.75 Å². The van der Waals surface area contributed by atoms with Crippen LogP contribution in [0.4, 0.5) is 0 Å². The first-order valence-corrected chi connectivity index (χ1v) is 8.93. The van der Waals surface area contributed by atoms with Crippen molar-refractivity contribution in [2.45, 2.75) is 37.6 Å². The molecule has 0 spiro atoms. The number of Topliss-reactive ketones (excluding diaryl/α,β-unsaturated/α-hetero) is 2. The number of fused-ring (bicyclic) bond motifs is 3. The van der Waals surface area contributed by atoms with Gasteiger partial charge in [0.1, 0.15) is 11.9 Å². The van der Waals surface area contributed by atoms with Crippen LogP contribution in [0.2, 0.25) is 0 Å². The first-order valence-electron chi connectivity index (χ1n) is 8.93. The summed E-state index contributed by atoms with van der Waals surface area (Å²) in [4.78, 5) is 41.1. The summed E-state index contributed by atoms with van der Waals surface area (Å²) in [5.74, 6) is -0.872. The minimum Gasteiger partial charge on any atom is -0.496 e. The lowest BCUT2D eigenvalue weighted by Gasteiger charge is -2.36. The Bertz CT molecular complexity index is 962. The topological polar surface area (TPSA) is 128 Å². The van der Waals surface area contributed by atoms with Gasteiger partial charge < -0.3 is 14.2 Å². The van der Waals surface area contributed by atoms with Crippen molar-refractivity contribution >= 4 is 17.5 Å². The van der Waals surface area contributed by atoms with E-state index in [-0.39, 0.29) is 46.8 Å². The minimum atomic E-state index is -0.883. The largest absolute Gasteiger partial charge is 0.496 e. The summed E-state index contributed by atoms with van der Waals surface area (Å²) < 4.78 is 16.6. The van der Waals surface area contributed by atoms with E-state index in [9.17, 15) is 14.4 Å². The van der Waals surface area contributed by atoms with Gasteiger partial charge in [0.05, 0.1) is 30.8 Å². The molecule has 3 atom stereocenters. The number of nitrogens with zero attached hydrogens (tertiary/aromatic N) is 3. The number of ketones is 2. The van der Waals surface area contributed by atoms with Gasteiger partial charge in [-0.3, -0.25) is 14.4 Å². The van der Waals surface area contributed by atoms with Crippen molar-refractivity contribution in [3.05, 3.63) is 50.9 Å². The van der Waals surface area contributed by atoms with Gasteiger partial charge >= 0.3 is 5.97 Å². The summed E-state index contributed by atoms with van der Waals surface area (Å²) in [6, 6.07) is 4.83. The molecule has 9 heteroatoms. The zero-order valence-corrected chi connectivity index (χ0v) is 15.1. The summed E-state index contributed by atoms with van der Waals surface area (Å²) >= 11 is 0. The fourth-order valence-corrected chi connectivity index (χ4v) is 4.04. The molecule has 28 heavy (non-hydrogen) atoms. The van der Waals surface area contributed by atoms with Crippen LogP contribution >= 0.6 is 0 Å². The molecule has 1 aromatic rings. The highest BCUT2D eigenvalue weighted by molar-refractivity contribution is 6.29. The van der Waals surface area contributed by atoms with Gasteiger partial charge in [-0.05, 0) is 24.4 Å². The van der Waals surface area contributed by atoms with Gasteiger partial charge in [0.15, 0.2) is 17.7 Å². The number of azide groups is 1. The fraction of sp³-hybridized carbons (Fsp3) is 0.421. The summed E-state index contributed by atoms with van der Waals surface area (Å²) in [7, 11) is 1.43. The van der Waals surface area contributed by atoms with Crippen molar-refractivity contribution < 1.29 is 28.6 Å². The zero-order valence-electron chi connectivity index (χ0n) is 15.1. The summed E-state index contributed by atoms with van der Waals surface area (Å²) in [5.41, 5.74) is 9.27. The van der Waals surface area contributed by atoms with Crippen LogP contribution in [0, 0.1) is 0 Å². The molecule has 144 valence electrons. The van der Waals surface area contributed by atoms with Gasteiger partial charge in [-0.2, -0.15) is 0 Å². The van der Waals surface area contributed by atoms with Crippen LogP contribution in [0.3, 0.4) is 0 Å². The van der Waals surface area contributed by atoms with Crippen molar-refractivity contribution in [2.75, 3.05) is 13.7 Å². The van der Waals surface area contributed by atoms with Crippen molar-refractivity contribution in [1.82, 2.24) is 0 Å². The van der Waals surface area contributed by atoms with E-state index in [4.69, 9.17) is 19.7 Å². The number of rotatable bonds is 5. The van der Waals surface area contributed by atoms with E-state index in [1.54, 1.807) is 18.2 Å². The van der Waals surface area contributed by atoms with Crippen LogP contribution in [0.5, 0.6) is 5.75 Å². The van der Waals surface area contributed by atoms with E-state index in [2.05, 4.69) is 10.0 Å². The molecule has 9 nitrogen and oxygen atoms in total. The lowest BCUT2D eigenvalue weighted by atomic mass is 9.76. The maximum atomic E-state index is 13.4. The Kier molecular flexibility index (Phi) is 4.62. The lowest BCUT2D eigenvalue weighted by molar-refractivity contribution is -0.140. The highest BCUT2D eigenvalue weighted by Crippen LogP contribution is 2.43. The number of carbonyl (C=O) groups is 3. The molecule has 3 aliphatic rings. The van der Waals surface area contributed by atoms with E-state index in [0.29, 0.717) is 18.6 Å². The number of esters is 1. The van der Waals surface area contributed by atoms with Gasteiger partial charge in [0, 0.05) is 22.6 Å². The monoisotopic (exact) mass is 383 g/mol. The smallest absolute Gasteiger partial charge is 0.309 e. The first-order chi connectivity index (χ1) is 13.6. The minimum absolute atomic E-state index is 0.0285. The molecular formula is C19H17N3O6. The van der Waals surface area contributed by atoms with E-state index in [1.165, 1.54) is 7.11 Å². The molecular weight excluding hydrogens is 366 g/mol. The molecule has 1 fully saturated rings. The second kappa shape index (κ2) is 7.10. The Morgan fingerprint density at radius 1 is 1.25 bits per heavy atom. The Morgan fingerprint density at radius 2 is 2.07 bits per heavy atom. The molecule has 2 heterocycles. The summed E-state index contributed by atoms with van der Waals surface area (Å²) in [5, 5.41) is 3.49. The summed E-state index contributed by atoms with van der Waals surface area (Å²) in [6.07, 6.45) is -1.31. The SMILES string of the molecule is COc1cccc2c1C(=O)C1=C(C2=O)[C@H]2OC(=O)C[C@H]2O[C@H]1CCCN=[N+]=[N-]. The number of methoxy groups -OCH3 is 1. The third kappa shape index (κ3) is 2.76. The number of benzene rings is 1. The molecule has 0 N–H and O–H groups in total. The normalized spacial score (nSPS) is 25.5. The highest BCUT2D eigenvalue weighted by Gasteiger charge is 2.52. The molecule has 0 unspecified atom stereocenters. The lowest BCUT2D eigenvalue weighted by Crippen LogP contribution is -2.45. The second-order valence-corrected chi connectivity index (χ2v) is 6.74. The predicted molar refractivity (Wildman–Crippen MR) is 95.1 cm³/mol. The molecule has 1 aliphatic carbocycles. The van der Waals surface area contributed by atoms with Crippen molar-refractivity contribution in [3.63, 3.8) is 0 Å². The predicted octanol–water partition coefficient (Wildman–Crippen LogP) is 2.54. The van der Waals surface area contributed by atoms with Crippen LogP contribution in [0.15, 0.2) is 34.5 Å². The number of carbonyl (C=O) groups excluding carboxylic acids is 3. The quantitative estimate of drug-likeness (QED) is 0.253. The highest BCUT2D eigenvalue weighted by atomic mass is 16.6. The van der Waals surface area contributed by atoms with Crippen molar-refractivity contribution in [1.29, 1.82) is 0 Å². The Labute approximate surface area is 159 Å². The molecule has 0 radical (unpaired) electrons. The number of hydrogen-bond donors (Lipinski definition) is 0. The third-order valence-electron chi connectivity index (χ3n) is 5.19. The molecule has 4 rings (SSSR count). The average Bonchev–Trinajstić information content (AvgIpc) is 3.07. The van der Waals surface area contributed by atoms with Crippen LogP contribution in [-0.2, 0) is 14.3 Å². The van der Waals surface area contributed by atoms with E-state index in [1.807, 2.05) is 0 Å². The van der Waals surface area contributed by atoms with Gasteiger partial charge in [-0.1, -0.05) is 17.2 Å². The van der Waals surface area contributed by atoms with E-state index in [0.717, 1.165) is 0 Å². The standard InChI is InChI=1S/C19H17N3O6/c1-26-10-5-2-4-9-14(10)18(25)15-11(6-3-7-21-22-20)27-12-8-13(23)28-19(12)16(15)17(9)24/h2,4-5,11-12,19H,3,6-8H2,1H3/t11-,12+,19-/m0/s1. The van der Waals surface area contributed by atoms with E-state index < -0.39 is 24.3 Å². The van der Waals surface area contributed by atoms with E-state index >= 15 is 0 Å². The maximum absolute atomic E-state index is 13.4. The third-order valence-corrected chi connectivity index (χ3v) is 5.19. The zero-order chi connectivity index (χ0) is 19.8. The number of hydrogen-bond acceptors (Lipinski definition) is 7.